The van der Waals surface area contributed by atoms with E-state index in [0.717, 1.165) is 5.69 Å². The number of carbonyl (C=O) groups is 2. The molecule has 1 aromatic carbocycles. The summed E-state index contributed by atoms with van der Waals surface area (Å²) >= 11 is 0. The molecule has 9 heteroatoms. The number of nitrogens with zero attached hydrogens (tertiary/aromatic N) is 2. The third-order valence-corrected chi connectivity index (χ3v) is 6.06. The molecule has 1 unspecified atom stereocenters. The predicted molar refractivity (Wildman–Crippen MR) is 126 cm³/mol. The number of aliphatic hydroxyl groups excluding tert-OH is 1. The zero-order valence-electron chi connectivity index (χ0n) is 19.5. The Hall–Kier alpha value is -3.20. The summed E-state index contributed by atoms with van der Waals surface area (Å²) in [6.07, 6.45) is 2.56. The van der Waals surface area contributed by atoms with Crippen LogP contribution in [0.5, 0.6) is 0 Å². The molecule has 0 saturated carbocycles. The summed E-state index contributed by atoms with van der Waals surface area (Å²) in [7, 11) is 0. The molecular formula is C25H32FN3O5. The maximum Gasteiger partial charge on any atom is 0.351 e. The average Bonchev–Trinajstić information content (AvgIpc) is 2.83. The average molecular weight is 474 g/mol. The second-order valence-electron chi connectivity index (χ2n) is 9.12. The van der Waals surface area contributed by atoms with Crippen LogP contribution in [0.1, 0.15) is 57.2 Å². The van der Waals surface area contributed by atoms with Gasteiger partial charge in [-0.2, -0.15) is 0 Å². The predicted octanol–water partition coefficient (Wildman–Crippen LogP) is 3.07. The van der Waals surface area contributed by atoms with Crippen molar-refractivity contribution in [1.29, 1.82) is 0 Å². The molecule has 2 heterocycles. The third kappa shape index (κ3) is 6.66. The minimum absolute atomic E-state index is 0.120. The van der Waals surface area contributed by atoms with Gasteiger partial charge in [-0.3, -0.25) is 14.5 Å². The first-order valence-electron chi connectivity index (χ1n) is 11.6. The molecule has 184 valence electrons. The molecule has 0 aliphatic carbocycles. The van der Waals surface area contributed by atoms with Crippen LogP contribution in [-0.4, -0.2) is 40.7 Å². The summed E-state index contributed by atoms with van der Waals surface area (Å²) in [6, 6.07) is 10.4. The lowest BCUT2D eigenvalue weighted by molar-refractivity contribution is -0.184. The van der Waals surface area contributed by atoms with Crippen LogP contribution in [0.25, 0.3) is 0 Å². The van der Waals surface area contributed by atoms with Crippen LogP contribution in [-0.2, 0) is 14.5 Å². The molecule has 2 N–H and O–H groups in total. The quantitative estimate of drug-likeness (QED) is 0.581. The maximum absolute atomic E-state index is 13.4. The van der Waals surface area contributed by atoms with E-state index in [-0.39, 0.29) is 17.6 Å². The highest BCUT2D eigenvalue weighted by Gasteiger charge is 2.28. The first kappa shape index (κ1) is 25.4. The van der Waals surface area contributed by atoms with Crippen molar-refractivity contribution in [3.05, 3.63) is 64.6 Å². The van der Waals surface area contributed by atoms with Gasteiger partial charge in [0.25, 0.3) is 5.56 Å². The van der Waals surface area contributed by atoms with E-state index >= 15 is 0 Å². The fourth-order valence-electron chi connectivity index (χ4n) is 4.27. The number of pyridine rings is 1. The van der Waals surface area contributed by atoms with E-state index < -0.39 is 30.4 Å². The first-order valence-corrected chi connectivity index (χ1v) is 11.6. The Morgan fingerprint density at radius 2 is 1.91 bits per heavy atom. The van der Waals surface area contributed by atoms with E-state index in [4.69, 9.17) is 0 Å². The highest BCUT2D eigenvalue weighted by Crippen LogP contribution is 2.27. The van der Waals surface area contributed by atoms with Crippen molar-refractivity contribution < 1.29 is 24.2 Å². The molecule has 0 bridgehead atoms. The van der Waals surface area contributed by atoms with E-state index in [2.05, 4.69) is 15.2 Å². The van der Waals surface area contributed by atoms with Gasteiger partial charge in [0.2, 0.25) is 5.91 Å². The van der Waals surface area contributed by atoms with Crippen LogP contribution in [0.3, 0.4) is 0 Å². The lowest BCUT2D eigenvalue weighted by Crippen LogP contribution is -2.40. The maximum atomic E-state index is 13.4. The van der Waals surface area contributed by atoms with Gasteiger partial charge in [-0.1, -0.05) is 32.0 Å². The van der Waals surface area contributed by atoms with Gasteiger partial charge in [0.1, 0.15) is 6.04 Å². The van der Waals surface area contributed by atoms with Gasteiger partial charge in [0.15, 0.2) is 0 Å². The summed E-state index contributed by atoms with van der Waals surface area (Å²) in [5, 5.41) is 12.6. The molecule has 1 aliphatic rings. The standard InChI is InChI=1S/C25H32FN3O5/c1-17(2)14-22(29-11-4-3-8-23(29)31)25(33)27-21(16-24(32)34-26)18-6-5-7-19(15-18)28-12-9-20(30)10-13-28/h3-8,11,15,17,20-22,30H,9-10,12-14,16H2,1-2H3,(H,27,33)/t21-,22?/m0/s1. The first-order chi connectivity index (χ1) is 16.3. The molecule has 8 nitrogen and oxygen atoms in total. The van der Waals surface area contributed by atoms with E-state index in [1.807, 2.05) is 32.0 Å². The van der Waals surface area contributed by atoms with E-state index in [1.54, 1.807) is 24.4 Å². The zero-order valence-corrected chi connectivity index (χ0v) is 19.5. The molecule has 2 aromatic rings. The van der Waals surface area contributed by atoms with Crippen molar-refractivity contribution in [3.63, 3.8) is 0 Å². The Morgan fingerprint density at radius 3 is 2.56 bits per heavy atom. The molecule has 3 rings (SSSR count). The van der Waals surface area contributed by atoms with E-state index in [1.165, 1.54) is 10.6 Å². The smallest absolute Gasteiger partial charge is 0.351 e. The number of hydrogen-bond acceptors (Lipinski definition) is 6. The molecule has 1 aromatic heterocycles. The van der Waals surface area contributed by atoms with Crippen LogP contribution in [0.4, 0.5) is 10.2 Å². The summed E-state index contributed by atoms with van der Waals surface area (Å²) < 4.78 is 14.0. The number of benzene rings is 1. The van der Waals surface area contributed by atoms with Crippen LogP contribution in [0.2, 0.25) is 0 Å². The van der Waals surface area contributed by atoms with E-state index in [9.17, 15) is 24.0 Å². The normalized spacial score (nSPS) is 16.2. The number of aromatic nitrogens is 1. The third-order valence-electron chi connectivity index (χ3n) is 6.06. The SMILES string of the molecule is CC(C)CC(C(=O)N[C@@H](CC(=O)OF)c1cccc(N2CCC(O)CC2)c1)n1ccccc1=O. The van der Waals surface area contributed by atoms with Gasteiger partial charge in [-0.15, -0.1) is 0 Å². The van der Waals surface area contributed by atoms with Crippen molar-refractivity contribution in [1.82, 2.24) is 9.88 Å². The Bertz CT molecular complexity index is 1030. The molecule has 34 heavy (non-hydrogen) atoms. The van der Waals surface area contributed by atoms with E-state index in [0.29, 0.717) is 37.9 Å². The lowest BCUT2D eigenvalue weighted by Gasteiger charge is -2.32. The van der Waals surface area contributed by atoms with Crippen LogP contribution in [0, 0.1) is 5.92 Å². The monoisotopic (exact) mass is 473 g/mol. The number of nitrogens with one attached hydrogen (secondary N) is 1. The minimum Gasteiger partial charge on any atom is -0.393 e. The van der Waals surface area contributed by atoms with Gasteiger partial charge in [-0.25, -0.2) is 4.79 Å². The second-order valence-corrected chi connectivity index (χ2v) is 9.12. The highest BCUT2D eigenvalue weighted by atomic mass is 19.3. The van der Waals surface area contributed by atoms with Crippen LogP contribution >= 0.6 is 0 Å². The number of carbonyl (C=O) groups excluding carboxylic acids is 2. The van der Waals surface area contributed by atoms with Crippen molar-refractivity contribution in [2.75, 3.05) is 18.0 Å². The number of aliphatic hydroxyl groups is 1. The Balaban J connectivity index is 1.88. The van der Waals surface area contributed by atoms with Crippen molar-refractivity contribution in [2.24, 2.45) is 5.92 Å². The number of rotatable bonds is 9. The fourth-order valence-corrected chi connectivity index (χ4v) is 4.27. The van der Waals surface area contributed by atoms with Gasteiger partial charge >= 0.3 is 5.97 Å². The highest BCUT2D eigenvalue weighted by molar-refractivity contribution is 5.81. The van der Waals surface area contributed by atoms with Crippen molar-refractivity contribution in [3.8, 4) is 0 Å². The van der Waals surface area contributed by atoms with Gasteiger partial charge in [0, 0.05) is 35.6 Å². The number of anilines is 1. The zero-order chi connectivity index (χ0) is 24.7. The van der Waals surface area contributed by atoms with Crippen LogP contribution in [0.15, 0.2) is 53.5 Å². The summed E-state index contributed by atoms with van der Waals surface area (Å²) in [5.74, 6) is -1.42. The number of hydrogen-bond donors (Lipinski definition) is 2. The molecule has 0 spiro atoms. The molecule has 0 radical (unpaired) electrons. The molecule has 2 atom stereocenters. The molecular weight excluding hydrogens is 441 g/mol. The Kier molecular flexibility index (Phi) is 8.81. The molecule has 1 fully saturated rings. The Labute approximate surface area is 198 Å². The van der Waals surface area contributed by atoms with Gasteiger partial charge in [0.05, 0.1) is 18.6 Å². The van der Waals surface area contributed by atoms with Crippen molar-refractivity contribution >= 4 is 17.6 Å². The molecule has 1 amide bonds. The number of halogens is 1. The fraction of sp³-hybridized carbons (Fsp3) is 0.480. The minimum atomic E-state index is -1.10. The largest absolute Gasteiger partial charge is 0.393 e. The summed E-state index contributed by atoms with van der Waals surface area (Å²) in [5.41, 5.74) is 1.19. The molecule has 1 saturated heterocycles. The lowest BCUT2D eigenvalue weighted by atomic mass is 9.99. The summed E-state index contributed by atoms with van der Waals surface area (Å²) in [4.78, 5) is 43.1. The Morgan fingerprint density at radius 1 is 1.18 bits per heavy atom. The molecule has 1 aliphatic heterocycles. The van der Waals surface area contributed by atoms with Crippen LogP contribution < -0.4 is 15.8 Å². The summed E-state index contributed by atoms with van der Waals surface area (Å²) in [6.45, 7) is 5.26. The number of amides is 1. The van der Waals surface area contributed by atoms with Gasteiger partial charge < -0.3 is 19.9 Å². The van der Waals surface area contributed by atoms with Gasteiger partial charge in [-0.05, 0) is 48.9 Å². The number of piperidine rings is 1. The topological polar surface area (TPSA) is 101 Å². The van der Waals surface area contributed by atoms with Crippen molar-refractivity contribution in [2.45, 2.75) is 57.7 Å². The second kappa shape index (κ2) is 11.8.